The molecule has 1 aliphatic heterocycles. The highest BCUT2D eigenvalue weighted by atomic mass is 79.9. The van der Waals surface area contributed by atoms with Crippen molar-refractivity contribution in [1.82, 2.24) is 5.32 Å². The SMILES string of the molecule is CCCC1C(=O)NC(=O)N(c2c(Cl)cc(F)cc2Br)C1=O. The van der Waals surface area contributed by atoms with Crippen LogP contribution in [0.3, 0.4) is 0 Å². The van der Waals surface area contributed by atoms with Gasteiger partial charge < -0.3 is 0 Å². The summed E-state index contributed by atoms with van der Waals surface area (Å²) < 4.78 is 13.4. The lowest BCUT2D eigenvalue weighted by molar-refractivity contribution is -0.134. The van der Waals surface area contributed by atoms with E-state index in [0.717, 1.165) is 17.0 Å². The van der Waals surface area contributed by atoms with Crippen LogP contribution in [0.15, 0.2) is 16.6 Å². The van der Waals surface area contributed by atoms with Gasteiger partial charge in [-0.05, 0) is 34.5 Å². The van der Waals surface area contributed by atoms with Crippen molar-refractivity contribution in [2.45, 2.75) is 19.8 Å². The number of nitrogens with one attached hydrogen (secondary N) is 1. The molecule has 1 atom stereocenters. The molecule has 8 heteroatoms. The van der Waals surface area contributed by atoms with Crippen molar-refractivity contribution >= 4 is 51.1 Å². The van der Waals surface area contributed by atoms with E-state index in [-0.39, 0.29) is 15.2 Å². The molecule has 1 heterocycles. The van der Waals surface area contributed by atoms with Crippen LogP contribution in [0.5, 0.6) is 0 Å². The number of halogens is 3. The van der Waals surface area contributed by atoms with Crippen LogP contribution >= 0.6 is 27.5 Å². The zero-order chi connectivity index (χ0) is 15.7. The third kappa shape index (κ3) is 2.94. The fourth-order valence-corrected chi connectivity index (χ4v) is 3.13. The second-order valence-corrected chi connectivity index (χ2v) is 5.79. The summed E-state index contributed by atoms with van der Waals surface area (Å²) in [5, 5.41) is 2.01. The van der Waals surface area contributed by atoms with Gasteiger partial charge in [0.05, 0.1) is 10.7 Å². The minimum absolute atomic E-state index is 0.0224. The summed E-state index contributed by atoms with van der Waals surface area (Å²) in [5.41, 5.74) is 0.0224. The highest BCUT2D eigenvalue weighted by molar-refractivity contribution is 9.10. The summed E-state index contributed by atoms with van der Waals surface area (Å²) in [7, 11) is 0. The van der Waals surface area contributed by atoms with Crippen molar-refractivity contribution in [1.29, 1.82) is 0 Å². The summed E-state index contributed by atoms with van der Waals surface area (Å²) in [6, 6.07) is 1.19. The molecule has 2 rings (SSSR count). The molecule has 0 bridgehead atoms. The van der Waals surface area contributed by atoms with Gasteiger partial charge in [-0.1, -0.05) is 24.9 Å². The lowest BCUT2D eigenvalue weighted by Crippen LogP contribution is -2.58. The maximum atomic E-state index is 13.3. The molecule has 0 aromatic heterocycles. The molecular formula is C13H11BrClFN2O3. The van der Waals surface area contributed by atoms with Crippen LogP contribution in [0.1, 0.15) is 19.8 Å². The number of urea groups is 1. The monoisotopic (exact) mass is 376 g/mol. The molecule has 1 aromatic carbocycles. The number of barbiturate groups is 1. The quantitative estimate of drug-likeness (QED) is 0.822. The molecule has 21 heavy (non-hydrogen) atoms. The smallest absolute Gasteiger partial charge is 0.277 e. The largest absolute Gasteiger partial charge is 0.335 e. The molecule has 5 nitrogen and oxygen atoms in total. The van der Waals surface area contributed by atoms with Crippen molar-refractivity contribution in [2.75, 3.05) is 4.90 Å². The highest BCUT2D eigenvalue weighted by Gasteiger charge is 2.42. The van der Waals surface area contributed by atoms with E-state index in [0.29, 0.717) is 12.8 Å². The van der Waals surface area contributed by atoms with E-state index in [9.17, 15) is 18.8 Å². The van der Waals surface area contributed by atoms with Crippen LogP contribution in [0.4, 0.5) is 14.9 Å². The first-order valence-electron chi connectivity index (χ1n) is 6.20. The summed E-state index contributed by atoms with van der Waals surface area (Å²) in [6.07, 6.45) is 0.912. The number of hydrogen-bond acceptors (Lipinski definition) is 3. The Bertz CT molecular complexity index is 615. The van der Waals surface area contributed by atoms with Crippen LogP contribution in [0.2, 0.25) is 5.02 Å². The zero-order valence-electron chi connectivity index (χ0n) is 11.0. The summed E-state index contributed by atoms with van der Waals surface area (Å²) in [6.45, 7) is 1.82. The summed E-state index contributed by atoms with van der Waals surface area (Å²) in [5.74, 6) is -2.86. The van der Waals surface area contributed by atoms with Crippen molar-refractivity contribution < 1.29 is 18.8 Å². The Morgan fingerprint density at radius 1 is 1.38 bits per heavy atom. The molecule has 1 N–H and O–H groups in total. The average Bonchev–Trinajstić information content (AvgIpc) is 2.37. The standard InChI is InChI=1S/C13H11BrClFN2O3/c1-2-3-7-11(19)17-13(21)18(12(7)20)10-8(14)4-6(16)5-9(10)15/h4-5,7H,2-3H2,1H3,(H,17,19,21). The van der Waals surface area contributed by atoms with Crippen LogP contribution < -0.4 is 10.2 Å². The number of carbonyl (C=O) groups excluding carboxylic acids is 3. The molecule has 1 saturated heterocycles. The molecule has 1 aromatic rings. The van der Waals surface area contributed by atoms with Crippen LogP contribution in [-0.4, -0.2) is 17.8 Å². The lowest BCUT2D eigenvalue weighted by Gasteiger charge is -2.31. The Balaban J connectivity index is 2.49. The van der Waals surface area contributed by atoms with Crippen LogP contribution in [0.25, 0.3) is 0 Å². The second kappa shape index (κ2) is 6.11. The number of rotatable bonds is 3. The molecule has 0 saturated carbocycles. The van der Waals surface area contributed by atoms with Gasteiger partial charge in [0.15, 0.2) is 0 Å². The Kier molecular flexibility index (Phi) is 4.63. The molecular weight excluding hydrogens is 367 g/mol. The fourth-order valence-electron chi connectivity index (χ4n) is 2.12. The summed E-state index contributed by atoms with van der Waals surface area (Å²) >= 11 is 9.01. The number of anilines is 1. The molecule has 1 unspecified atom stereocenters. The molecule has 1 fully saturated rings. The van der Waals surface area contributed by atoms with E-state index < -0.39 is 29.6 Å². The van der Waals surface area contributed by atoms with Gasteiger partial charge >= 0.3 is 6.03 Å². The highest BCUT2D eigenvalue weighted by Crippen LogP contribution is 2.37. The molecule has 1 aliphatic rings. The Morgan fingerprint density at radius 3 is 2.62 bits per heavy atom. The zero-order valence-corrected chi connectivity index (χ0v) is 13.3. The van der Waals surface area contributed by atoms with Crippen LogP contribution in [0, 0.1) is 11.7 Å². The predicted octanol–water partition coefficient (Wildman–Crippen LogP) is 3.24. The topological polar surface area (TPSA) is 66.5 Å². The third-order valence-electron chi connectivity index (χ3n) is 3.05. The van der Waals surface area contributed by atoms with Gasteiger partial charge in [0.1, 0.15) is 11.7 Å². The first-order valence-corrected chi connectivity index (χ1v) is 7.37. The van der Waals surface area contributed by atoms with Crippen molar-refractivity contribution in [3.8, 4) is 0 Å². The van der Waals surface area contributed by atoms with Crippen LogP contribution in [-0.2, 0) is 9.59 Å². The molecule has 112 valence electrons. The van der Waals surface area contributed by atoms with E-state index in [4.69, 9.17) is 11.6 Å². The molecule has 4 amide bonds. The number of nitrogens with zero attached hydrogens (tertiary/aromatic N) is 1. The Labute approximate surface area is 133 Å². The number of hydrogen-bond donors (Lipinski definition) is 1. The Morgan fingerprint density at radius 2 is 2.05 bits per heavy atom. The first kappa shape index (κ1) is 15.9. The normalized spacial score (nSPS) is 19.0. The number of benzene rings is 1. The fraction of sp³-hybridized carbons (Fsp3) is 0.308. The van der Waals surface area contributed by atoms with Crippen molar-refractivity contribution in [2.24, 2.45) is 5.92 Å². The molecule has 0 radical (unpaired) electrons. The second-order valence-electron chi connectivity index (χ2n) is 4.53. The minimum Gasteiger partial charge on any atom is -0.277 e. The maximum Gasteiger partial charge on any atom is 0.335 e. The van der Waals surface area contributed by atoms with Gasteiger partial charge in [-0.3, -0.25) is 14.9 Å². The van der Waals surface area contributed by atoms with E-state index in [1.165, 1.54) is 0 Å². The van der Waals surface area contributed by atoms with Gasteiger partial charge in [0, 0.05) is 4.47 Å². The van der Waals surface area contributed by atoms with E-state index in [2.05, 4.69) is 21.2 Å². The maximum absolute atomic E-state index is 13.3. The van der Waals surface area contributed by atoms with Crippen molar-refractivity contribution in [3.63, 3.8) is 0 Å². The first-order chi connectivity index (χ1) is 9.86. The predicted molar refractivity (Wildman–Crippen MR) is 78.5 cm³/mol. The number of carbonyl (C=O) groups is 3. The van der Waals surface area contributed by atoms with E-state index >= 15 is 0 Å². The van der Waals surface area contributed by atoms with Gasteiger partial charge in [0.25, 0.3) is 0 Å². The number of imide groups is 2. The summed E-state index contributed by atoms with van der Waals surface area (Å²) in [4.78, 5) is 36.8. The van der Waals surface area contributed by atoms with Crippen molar-refractivity contribution in [3.05, 3.63) is 27.4 Å². The van der Waals surface area contributed by atoms with Gasteiger partial charge in [-0.2, -0.15) is 0 Å². The minimum atomic E-state index is -0.958. The average molecular weight is 378 g/mol. The molecule has 0 aliphatic carbocycles. The van der Waals surface area contributed by atoms with E-state index in [1.54, 1.807) is 0 Å². The Hall–Kier alpha value is -1.47. The van der Waals surface area contributed by atoms with Gasteiger partial charge in [-0.15, -0.1) is 0 Å². The lowest BCUT2D eigenvalue weighted by atomic mass is 9.99. The molecule has 0 spiro atoms. The van der Waals surface area contributed by atoms with Gasteiger partial charge in [-0.25, -0.2) is 14.1 Å². The van der Waals surface area contributed by atoms with E-state index in [1.807, 2.05) is 6.92 Å². The third-order valence-corrected chi connectivity index (χ3v) is 3.94. The van der Waals surface area contributed by atoms with Gasteiger partial charge in [0.2, 0.25) is 11.8 Å². The number of amides is 4.